The lowest BCUT2D eigenvalue weighted by molar-refractivity contribution is 0.460. The molecular formula is C18H34N6S. The van der Waals surface area contributed by atoms with Crippen molar-refractivity contribution in [3.63, 3.8) is 0 Å². The van der Waals surface area contributed by atoms with Gasteiger partial charge in [0.2, 0.25) is 0 Å². The summed E-state index contributed by atoms with van der Waals surface area (Å²) >= 11 is 1.71. The first-order valence-electron chi connectivity index (χ1n) is 9.58. The molecule has 1 aliphatic rings. The van der Waals surface area contributed by atoms with Gasteiger partial charge < -0.3 is 15.2 Å². The quantitative estimate of drug-likeness (QED) is 0.304. The topological polar surface area (TPSA) is 67.1 Å². The predicted molar refractivity (Wildman–Crippen MR) is 106 cm³/mol. The number of rotatable bonds is 9. The number of thioether (sulfide) groups is 1. The van der Waals surface area contributed by atoms with Gasteiger partial charge in [-0.3, -0.25) is 4.99 Å². The van der Waals surface area contributed by atoms with Gasteiger partial charge in [0.05, 0.1) is 0 Å². The molecule has 7 heteroatoms. The zero-order chi connectivity index (χ0) is 18.1. The second-order valence-electron chi connectivity index (χ2n) is 7.12. The van der Waals surface area contributed by atoms with Crippen molar-refractivity contribution in [2.45, 2.75) is 70.0 Å². The van der Waals surface area contributed by atoms with Crippen LogP contribution in [-0.2, 0) is 6.42 Å². The highest BCUT2D eigenvalue weighted by Gasteiger charge is 2.23. The van der Waals surface area contributed by atoms with E-state index in [0.29, 0.717) is 12.0 Å². The smallest absolute Gasteiger partial charge is 0.191 e. The van der Waals surface area contributed by atoms with Crippen LogP contribution >= 0.6 is 11.8 Å². The van der Waals surface area contributed by atoms with Gasteiger partial charge in [0.1, 0.15) is 5.82 Å². The summed E-state index contributed by atoms with van der Waals surface area (Å²) in [5.41, 5.74) is 0. The molecule has 2 rings (SSSR count). The van der Waals surface area contributed by atoms with Gasteiger partial charge in [-0.25, -0.2) is 0 Å². The molecule has 0 radical (unpaired) electrons. The van der Waals surface area contributed by atoms with Gasteiger partial charge in [0.15, 0.2) is 11.1 Å². The van der Waals surface area contributed by atoms with E-state index in [9.17, 15) is 0 Å². The SMILES string of the molecule is CN=C(NCCCc1nnc(SC)n1C1CCCC1)NCCC(C)C. The van der Waals surface area contributed by atoms with Gasteiger partial charge in [0.25, 0.3) is 0 Å². The summed E-state index contributed by atoms with van der Waals surface area (Å²) in [7, 11) is 1.83. The Morgan fingerprint density at radius 3 is 2.60 bits per heavy atom. The molecule has 1 aromatic rings. The number of nitrogens with zero attached hydrogens (tertiary/aromatic N) is 4. The number of hydrogen-bond acceptors (Lipinski definition) is 4. The highest BCUT2D eigenvalue weighted by Crippen LogP contribution is 2.33. The molecular weight excluding hydrogens is 332 g/mol. The number of guanidine groups is 1. The van der Waals surface area contributed by atoms with E-state index in [1.807, 2.05) is 7.05 Å². The second kappa shape index (κ2) is 10.7. The molecule has 142 valence electrons. The van der Waals surface area contributed by atoms with Crippen molar-refractivity contribution >= 4 is 17.7 Å². The summed E-state index contributed by atoms with van der Waals surface area (Å²) in [5, 5.41) is 16.7. The standard InChI is InChI=1S/C18H34N6S/c1-14(2)11-13-21-17(19-3)20-12-7-10-16-22-23-18(25-4)24(16)15-8-5-6-9-15/h14-15H,5-13H2,1-4H3,(H2,19,20,21). The van der Waals surface area contributed by atoms with E-state index in [1.54, 1.807) is 11.8 Å². The Balaban J connectivity index is 1.78. The molecule has 6 nitrogen and oxygen atoms in total. The van der Waals surface area contributed by atoms with Crippen molar-refractivity contribution in [2.24, 2.45) is 10.9 Å². The average molecular weight is 367 g/mol. The number of aryl methyl sites for hydroxylation is 1. The van der Waals surface area contributed by atoms with Gasteiger partial charge >= 0.3 is 0 Å². The van der Waals surface area contributed by atoms with Crippen molar-refractivity contribution in [3.8, 4) is 0 Å². The molecule has 0 bridgehead atoms. The summed E-state index contributed by atoms with van der Waals surface area (Å²) in [6.45, 7) is 6.33. The lowest BCUT2D eigenvalue weighted by Gasteiger charge is -2.16. The van der Waals surface area contributed by atoms with E-state index in [0.717, 1.165) is 49.3 Å². The first kappa shape index (κ1) is 20.1. The van der Waals surface area contributed by atoms with Gasteiger partial charge in [-0.15, -0.1) is 10.2 Å². The summed E-state index contributed by atoms with van der Waals surface area (Å²) < 4.78 is 2.40. The summed E-state index contributed by atoms with van der Waals surface area (Å²) in [5.74, 6) is 2.74. The van der Waals surface area contributed by atoms with Crippen LogP contribution in [-0.4, -0.2) is 47.1 Å². The molecule has 0 aromatic carbocycles. The van der Waals surface area contributed by atoms with Gasteiger partial charge in [-0.05, 0) is 37.9 Å². The van der Waals surface area contributed by atoms with Gasteiger partial charge in [-0.2, -0.15) is 0 Å². The molecule has 2 N–H and O–H groups in total. The summed E-state index contributed by atoms with van der Waals surface area (Å²) in [4.78, 5) is 4.29. The lowest BCUT2D eigenvalue weighted by atomic mass is 10.1. The van der Waals surface area contributed by atoms with Crippen LogP contribution in [0.3, 0.4) is 0 Å². The molecule has 1 saturated carbocycles. The van der Waals surface area contributed by atoms with Crippen molar-refractivity contribution in [2.75, 3.05) is 26.4 Å². The van der Waals surface area contributed by atoms with Crippen LogP contribution in [0.1, 0.15) is 64.2 Å². The van der Waals surface area contributed by atoms with E-state index < -0.39 is 0 Å². The molecule has 1 aliphatic carbocycles. The molecule has 0 unspecified atom stereocenters. The number of aliphatic imine (C=N–C) groups is 1. The van der Waals surface area contributed by atoms with E-state index in [-0.39, 0.29) is 0 Å². The number of nitrogens with one attached hydrogen (secondary N) is 2. The third-order valence-corrected chi connectivity index (χ3v) is 5.36. The highest BCUT2D eigenvalue weighted by atomic mass is 32.2. The Bertz CT molecular complexity index is 534. The minimum Gasteiger partial charge on any atom is -0.356 e. The van der Waals surface area contributed by atoms with Crippen molar-refractivity contribution in [1.29, 1.82) is 0 Å². The van der Waals surface area contributed by atoms with Crippen LogP contribution in [0.15, 0.2) is 10.1 Å². The Morgan fingerprint density at radius 1 is 1.24 bits per heavy atom. The Kier molecular flexibility index (Phi) is 8.58. The number of aromatic nitrogens is 3. The van der Waals surface area contributed by atoms with Gasteiger partial charge in [0, 0.05) is 32.6 Å². The van der Waals surface area contributed by atoms with Gasteiger partial charge in [-0.1, -0.05) is 38.5 Å². The second-order valence-corrected chi connectivity index (χ2v) is 7.90. The van der Waals surface area contributed by atoms with Crippen molar-refractivity contribution in [3.05, 3.63) is 5.82 Å². The fourth-order valence-electron chi connectivity index (χ4n) is 3.30. The maximum absolute atomic E-state index is 4.46. The Morgan fingerprint density at radius 2 is 1.96 bits per heavy atom. The molecule has 1 aromatic heterocycles. The lowest BCUT2D eigenvalue weighted by Crippen LogP contribution is -2.38. The third-order valence-electron chi connectivity index (χ3n) is 4.71. The molecule has 0 amide bonds. The first-order valence-corrected chi connectivity index (χ1v) is 10.8. The van der Waals surface area contributed by atoms with Crippen LogP contribution in [0, 0.1) is 5.92 Å². The van der Waals surface area contributed by atoms with Crippen LogP contribution in [0.2, 0.25) is 0 Å². The third kappa shape index (κ3) is 6.20. The summed E-state index contributed by atoms with van der Waals surface area (Å²) in [6, 6.07) is 0.603. The molecule has 0 spiro atoms. The monoisotopic (exact) mass is 366 g/mol. The fraction of sp³-hybridized carbons (Fsp3) is 0.833. The zero-order valence-electron chi connectivity index (χ0n) is 16.2. The molecule has 0 atom stereocenters. The minimum atomic E-state index is 0.603. The van der Waals surface area contributed by atoms with Crippen molar-refractivity contribution in [1.82, 2.24) is 25.4 Å². The van der Waals surface area contributed by atoms with Crippen LogP contribution in [0.5, 0.6) is 0 Å². The Labute approximate surface area is 156 Å². The maximum atomic E-state index is 4.46. The van der Waals surface area contributed by atoms with Crippen molar-refractivity contribution < 1.29 is 0 Å². The molecule has 25 heavy (non-hydrogen) atoms. The minimum absolute atomic E-state index is 0.603. The summed E-state index contributed by atoms with van der Waals surface area (Å²) in [6.07, 6.45) is 10.4. The maximum Gasteiger partial charge on any atom is 0.191 e. The van der Waals surface area contributed by atoms with E-state index in [4.69, 9.17) is 0 Å². The first-order chi connectivity index (χ1) is 12.2. The largest absolute Gasteiger partial charge is 0.356 e. The number of hydrogen-bond donors (Lipinski definition) is 2. The molecule has 0 aliphatic heterocycles. The van der Waals surface area contributed by atoms with Crippen LogP contribution in [0.25, 0.3) is 0 Å². The Hall–Kier alpha value is -1.24. The zero-order valence-corrected chi connectivity index (χ0v) is 17.0. The van der Waals surface area contributed by atoms with E-state index in [1.165, 1.54) is 25.7 Å². The normalized spacial score (nSPS) is 16.0. The highest BCUT2D eigenvalue weighted by molar-refractivity contribution is 7.98. The van der Waals surface area contributed by atoms with Crippen LogP contribution in [0.4, 0.5) is 0 Å². The van der Waals surface area contributed by atoms with E-state index >= 15 is 0 Å². The molecule has 1 fully saturated rings. The molecule has 0 saturated heterocycles. The average Bonchev–Trinajstić information content (AvgIpc) is 3.25. The van der Waals surface area contributed by atoms with Crippen LogP contribution < -0.4 is 10.6 Å². The molecule has 1 heterocycles. The van der Waals surface area contributed by atoms with E-state index in [2.05, 4.69) is 50.5 Å². The predicted octanol–water partition coefficient (Wildman–Crippen LogP) is 3.26. The fourth-order valence-corrected chi connectivity index (χ4v) is 3.87.